The fraction of sp³-hybridized carbons (Fsp3) is 0.346. The van der Waals surface area contributed by atoms with E-state index in [0.29, 0.717) is 31.3 Å². The Bertz CT molecular complexity index is 1230. The third-order valence-corrected chi connectivity index (χ3v) is 6.84. The van der Waals surface area contributed by atoms with Gasteiger partial charge in [-0.1, -0.05) is 12.1 Å². The molecule has 2 aliphatic rings. The van der Waals surface area contributed by atoms with Gasteiger partial charge in [-0.05, 0) is 54.8 Å². The quantitative estimate of drug-likeness (QED) is 0.333. The van der Waals surface area contributed by atoms with Gasteiger partial charge >= 0.3 is 6.03 Å². The molecule has 2 aromatic carbocycles. The molecule has 11 heteroatoms. The lowest BCUT2D eigenvalue weighted by atomic mass is 10.2. The molecule has 6 N–H and O–H groups in total. The van der Waals surface area contributed by atoms with Gasteiger partial charge in [0.2, 0.25) is 0 Å². The Labute approximate surface area is 215 Å². The first-order valence-corrected chi connectivity index (χ1v) is 12.5. The van der Waals surface area contributed by atoms with E-state index in [4.69, 9.17) is 5.73 Å². The summed E-state index contributed by atoms with van der Waals surface area (Å²) in [5, 5.41) is 22.8. The number of piperazine rings is 1. The number of hydrogen-bond donors (Lipinski definition) is 5. The molecule has 2 saturated heterocycles. The standard InChI is InChI=1S/C26H32N8O3/c27-23(36)22-24(28-17-18-3-9-21(35)10-4-18)30-31-25(22)29-19-5-7-20(8-6-19)32-13-15-34(16-14-32)26(37)33-11-1-2-12-33/h3-10,35H,1-2,11-17H2,(H2,27,36)(H3,28,29,30,31). The third kappa shape index (κ3) is 5.55. The average Bonchev–Trinajstić information content (AvgIpc) is 3.59. The molecule has 3 amide bonds. The lowest BCUT2D eigenvalue weighted by Gasteiger charge is -2.37. The highest BCUT2D eigenvalue weighted by Crippen LogP contribution is 2.27. The highest BCUT2D eigenvalue weighted by atomic mass is 16.3. The number of anilines is 4. The number of likely N-dealkylation sites (tertiary alicyclic amines) is 1. The van der Waals surface area contributed by atoms with E-state index in [1.165, 1.54) is 0 Å². The van der Waals surface area contributed by atoms with E-state index in [1.54, 1.807) is 24.3 Å². The molecule has 0 radical (unpaired) electrons. The number of nitrogens with zero attached hydrogens (tertiary/aromatic N) is 4. The van der Waals surface area contributed by atoms with E-state index in [1.807, 2.05) is 34.1 Å². The predicted octanol–water partition coefficient (Wildman–Crippen LogP) is 2.91. The number of nitrogens with one attached hydrogen (secondary N) is 3. The summed E-state index contributed by atoms with van der Waals surface area (Å²) in [7, 11) is 0. The number of rotatable bonds is 7. The molecule has 5 rings (SSSR count). The van der Waals surface area contributed by atoms with Gasteiger partial charge in [0.15, 0.2) is 5.82 Å². The molecule has 0 spiro atoms. The topological polar surface area (TPSA) is 143 Å². The predicted molar refractivity (Wildman–Crippen MR) is 142 cm³/mol. The highest BCUT2D eigenvalue weighted by Gasteiger charge is 2.27. The molecular weight excluding hydrogens is 472 g/mol. The van der Waals surface area contributed by atoms with Gasteiger partial charge in [-0.3, -0.25) is 9.89 Å². The van der Waals surface area contributed by atoms with E-state index < -0.39 is 5.91 Å². The Morgan fingerprint density at radius 1 is 0.919 bits per heavy atom. The molecule has 37 heavy (non-hydrogen) atoms. The van der Waals surface area contributed by atoms with Crippen molar-refractivity contribution in [2.24, 2.45) is 5.73 Å². The molecule has 0 unspecified atom stereocenters. The highest BCUT2D eigenvalue weighted by molar-refractivity contribution is 6.03. The number of amides is 3. The number of urea groups is 1. The normalized spacial score (nSPS) is 15.6. The van der Waals surface area contributed by atoms with Gasteiger partial charge in [-0.25, -0.2) is 4.79 Å². The molecule has 0 bridgehead atoms. The van der Waals surface area contributed by atoms with Crippen LogP contribution >= 0.6 is 0 Å². The molecule has 1 aromatic heterocycles. The maximum absolute atomic E-state index is 12.6. The summed E-state index contributed by atoms with van der Waals surface area (Å²) in [5.41, 5.74) is 8.65. The zero-order valence-corrected chi connectivity index (χ0v) is 20.6. The number of H-pyrrole nitrogens is 1. The van der Waals surface area contributed by atoms with E-state index in [-0.39, 0.29) is 17.3 Å². The van der Waals surface area contributed by atoms with E-state index in [0.717, 1.165) is 56.0 Å². The number of aromatic nitrogens is 2. The molecule has 3 heterocycles. The number of carbonyl (C=O) groups excluding carboxylic acids is 2. The lowest BCUT2D eigenvalue weighted by Crippen LogP contribution is -2.52. The Morgan fingerprint density at radius 2 is 1.57 bits per heavy atom. The van der Waals surface area contributed by atoms with Crippen LogP contribution in [-0.4, -0.2) is 76.3 Å². The molecule has 3 aromatic rings. The summed E-state index contributed by atoms with van der Waals surface area (Å²) in [6.07, 6.45) is 2.20. The Kier molecular flexibility index (Phi) is 7.02. The minimum absolute atomic E-state index is 0.165. The summed E-state index contributed by atoms with van der Waals surface area (Å²) in [6.45, 7) is 5.16. The zero-order valence-electron chi connectivity index (χ0n) is 20.6. The van der Waals surface area contributed by atoms with Crippen LogP contribution in [0.1, 0.15) is 28.8 Å². The van der Waals surface area contributed by atoms with E-state index >= 15 is 0 Å². The molecule has 0 saturated carbocycles. The largest absolute Gasteiger partial charge is 0.508 e. The molecule has 0 atom stereocenters. The van der Waals surface area contributed by atoms with Crippen LogP contribution in [0.4, 0.5) is 27.8 Å². The number of aromatic amines is 1. The van der Waals surface area contributed by atoms with Crippen molar-refractivity contribution >= 4 is 34.9 Å². The fourth-order valence-corrected chi connectivity index (χ4v) is 4.76. The first-order chi connectivity index (χ1) is 18.0. The third-order valence-electron chi connectivity index (χ3n) is 6.84. The van der Waals surface area contributed by atoms with Crippen molar-refractivity contribution in [2.45, 2.75) is 19.4 Å². The maximum atomic E-state index is 12.6. The summed E-state index contributed by atoms with van der Waals surface area (Å²) >= 11 is 0. The van der Waals surface area contributed by atoms with Gasteiger partial charge in [-0.15, -0.1) is 0 Å². The molecule has 2 fully saturated rings. The summed E-state index contributed by atoms with van der Waals surface area (Å²) in [5.74, 6) is 0.335. The number of nitrogens with two attached hydrogens (primary N) is 1. The van der Waals surface area contributed by atoms with E-state index in [9.17, 15) is 14.7 Å². The maximum Gasteiger partial charge on any atom is 0.320 e. The van der Waals surface area contributed by atoms with Crippen molar-refractivity contribution in [3.05, 3.63) is 59.7 Å². The van der Waals surface area contributed by atoms with Gasteiger partial charge in [0.05, 0.1) is 0 Å². The minimum Gasteiger partial charge on any atom is -0.508 e. The van der Waals surface area contributed by atoms with Gasteiger partial charge in [-0.2, -0.15) is 5.10 Å². The van der Waals surface area contributed by atoms with Gasteiger partial charge in [0.25, 0.3) is 5.91 Å². The first-order valence-electron chi connectivity index (χ1n) is 12.5. The van der Waals surface area contributed by atoms with Crippen molar-refractivity contribution in [1.82, 2.24) is 20.0 Å². The van der Waals surface area contributed by atoms with Gasteiger partial charge < -0.3 is 36.2 Å². The Morgan fingerprint density at radius 3 is 2.22 bits per heavy atom. The second kappa shape index (κ2) is 10.7. The minimum atomic E-state index is -0.609. The van der Waals surface area contributed by atoms with Crippen molar-refractivity contribution in [1.29, 1.82) is 0 Å². The van der Waals surface area contributed by atoms with Crippen molar-refractivity contribution in [3.63, 3.8) is 0 Å². The first kappa shape index (κ1) is 24.3. The van der Waals surface area contributed by atoms with Crippen molar-refractivity contribution in [2.75, 3.05) is 54.8 Å². The van der Waals surface area contributed by atoms with Crippen LogP contribution in [0.2, 0.25) is 0 Å². The average molecular weight is 505 g/mol. The van der Waals surface area contributed by atoms with Gasteiger partial charge in [0.1, 0.15) is 17.1 Å². The fourth-order valence-electron chi connectivity index (χ4n) is 4.76. The summed E-state index contributed by atoms with van der Waals surface area (Å²) in [6, 6.07) is 14.8. The number of phenols is 1. The number of benzene rings is 2. The lowest BCUT2D eigenvalue weighted by molar-refractivity contribution is 0.100. The Hall–Kier alpha value is -4.41. The summed E-state index contributed by atoms with van der Waals surface area (Å²) < 4.78 is 0. The number of hydrogen-bond acceptors (Lipinski definition) is 7. The molecule has 0 aliphatic carbocycles. The summed E-state index contributed by atoms with van der Waals surface area (Å²) in [4.78, 5) is 31.0. The SMILES string of the molecule is NC(=O)c1c(Nc2ccc(N3CCN(C(=O)N4CCCC4)CC3)cc2)n[nH]c1NCc1ccc(O)cc1. The molecule has 11 nitrogen and oxygen atoms in total. The van der Waals surface area contributed by atoms with Crippen LogP contribution in [0.5, 0.6) is 5.75 Å². The molecule has 2 aliphatic heterocycles. The van der Waals surface area contributed by atoms with Crippen molar-refractivity contribution < 1.29 is 14.7 Å². The van der Waals surface area contributed by atoms with Crippen LogP contribution in [-0.2, 0) is 6.54 Å². The van der Waals surface area contributed by atoms with E-state index in [2.05, 4.69) is 25.7 Å². The second-order valence-corrected chi connectivity index (χ2v) is 9.33. The number of primary amides is 1. The number of phenolic OH excluding ortho intramolecular Hbond substituents is 1. The smallest absolute Gasteiger partial charge is 0.320 e. The second-order valence-electron chi connectivity index (χ2n) is 9.33. The number of aromatic hydroxyl groups is 1. The Balaban J connectivity index is 1.19. The zero-order chi connectivity index (χ0) is 25.8. The van der Waals surface area contributed by atoms with Crippen LogP contribution < -0.4 is 21.3 Å². The number of carbonyl (C=O) groups is 2. The monoisotopic (exact) mass is 504 g/mol. The molecule has 194 valence electrons. The van der Waals surface area contributed by atoms with Crippen LogP contribution in [0.3, 0.4) is 0 Å². The van der Waals surface area contributed by atoms with Crippen molar-refractivity contribution in [3.8, 4) is 5.75 Å². The van der Waals surface area contributed by atoms with Crippen LogP contribution in [0.15, 0.2) is 48.5 Å². The van der Waals surface area contributed by atoms with Crippen LogP contribution in [0, 0.1) is 0 Å². The van der Waals surface area contributed by atoms with Crippen LogP contribution in [0.25, 0.3) is 0 Å². The molecular formula is C26H32N8O3. The van der Waals surface area contributed by atoms with Gasteiger partial charge in [0, 0.05) is 57.2 Å².